The first-order valence-electron chi connectivity index (χ1n) is 9.05. The Kier molecular flexibility index (Phi) is 5.88. The number of likely N-dealkylation sites (tertiary alicyclic amines) is 1. The van der Waals surface area contributed by atoms with E-state index in [9.17, 15) is 9.90 Å². The van der Waals surface area contributed by atoms with E-state index in [1.165, 1.54) is 0 Å². The van der Waals surface area contributed by atoms with Crippen LogP contribution in [0.4, 0.5) is 0 Å². The molecular formula is C22H24ClNO3. The molecule has 0 radical (unpaired) electrons. The summed E-state index contributed by atoms with van der Waals surface area (Å²) in [5.74, 6) is 0.353. The van der Waals surface area contributed by atoms with Crippen LogP contribution in [-0.2, 0) is 5.60 Å². The van der Waals surface area contributed by atoms with Crippen LogP contribution in [0.25, 0.3) is 0 Å². The fraction of sp³-hybridized carbons (Fsp3) is 0.318. The molecule has 3 rings (SSSR count). The zero-order chi connectivity index (χ0) is 19.4. The van der Waals surface area contributed by atoms with E-state index in [0.717, 1.165) is 11.1 Å². The van der Waals surface area contributed by atoms with Gasteiger partial charge in [-0.25, -0.2) is 0 Å². The fourth-order valence-electron chi connectivity index (χ4n) is 3.42. The molecule has 0 atom stereocenters. The normalized spacial score (nSPS) is 16.0. The lowest BCUT2D eigenvalue weighted by molar-refractivity contribution is -0.0212. The smallest absolute Gasteiger partial charge is 0.257 e. The number of carbonyl (C=O) groups is 1. The van der Waals surface area contributed by atoms with E-state index in [-0.39, 0.29) is 5.91 Å². The SMILES string of the molecule is C=CCOc1ccc(Cl)cc1C(=O)N1CCC(O)(c2cccc(C)c2)CC1. The van der Waals surface area contributed by atoms with E-state index < -0.39 is 5.60 Å². The Hall–Kier alpha value is -2.30. The van der Waals surface area contributed by atoms with Crippen LogP contribution >= 0.6 is 11.6 Å². The molecule has 0 spiro atoms. The molecule has 0 bridgehead atoms. The summed E-state index contributed by atoms with van der Waals surface area (Å²) in [6.45, 7) is 6.90. The molecule has 0 saturated carbocycles. The highest BCUT2D eigenvalue weighted by Crippen LogP contribution is 2.34. The van der Waals surface area contributed by atoms with Gasteiger partial charge in [0, 0.05) is 18.1 Å². The van der Waals surface area contributed by atoms with Crippen molar-refractivity contribution in [1.29, 1.82) is 0 Å². The maximum Gasteiger partial charge on any atom is 0.257 e. The van der Waals surface area contributed by atoms with Gasteiger partial charge < -0.3 is 14.7 Å². The predicted molar refractivity (Wildman–Crippen MR) is 107 cm³/mol. The van der Waals surface area contributed by atoms with E-state index in [4.69, 9.17) is 16.3 Å². The van der Waals surface area contributed by atoms with Crippen molar-refractivity contribution in [2.24, 2.45) is 0 Å². The molecule has 142 valence electrons. The lowest BCUT2D eigenvalue weighted by atomic mass is 9.83. The summed E-state index contributed by atoms with van der Waals surface area (Å²) < 4.78 is 5.60. The van der Waals surface area contributed by atoms with Crippen LogP contribution in [-0.4, -0.2) is 35.6 Å². The van der Waals surface area contributed by atoms with Crippen molar-refractivity contribution in [3.8, 4) is 5.75 Å². The molecular weight excluding hydrogens is 362 g/mol. The number of benzene rings is 2. The molecule has 1 aliphatic rings. The molecule has 1 aliphatic heterocycles. The Morgan fingerprint density at radius 3 is 2.70 bits per heavy atom. The molecule has 2 aromatic rings. The average molecular weight is 386 g/mol. The minimum atomic E-state index is -0.903. The number of rotatable bonds is 5. The van der Waals surface area contributed by atoms with E-state index in [1.807, 2.05) is 31.2 Å². The second-order valence-electron chi connectivity index (χ2n) is 6.93. The molecule has 0 aromatic heterocycles. The standard InChI is InChI=1S/C22H24ClNO3/c1-3-13-27-20-8-7-18(23)15-19(20)21(25)24-11-9-22(26,10-12-24)17-6-4-5-16(2)14-17/h3-8,14-15,26H,1,9-13H2,2H3. The predicted octanol–water partition coefficient (Wildman–Crippen LogP) is 4.34. The van der Waals surface area contributed by atoms with Gasteiger partial charge in [0.15, 0.2) is 0 Å². The van der Waals surface area contributed by atoms with Gasteiger partial charge in [-0.1, -0.05) is 54.1 Å². The van der Waals surface area contributed by atoms with Gasteiger partial charge in [-0.05, 0) is 43.5 Å². The number of piperidine rings is 1. The van der Waals surface area contributed by atoms with Crippen LogP contribution in [0.2, 0.25) is 5.02 Å². The van der Waals surface area contributed by atoms with Gasteiger partial charge >= 0.3 is 0 Å². The average Bonchev–Trinajstić information content (AvgIpc) is 2.67. The summed E-state index contributed by atoms with van der Waals surface area (Å²) in [6, 6.07) is 12.9. The van der Waals surface area contributed by atoms with Crippen molar-refractivity contribution in [1.82, 2.24) is 4.90 Å². The maximum absolute atomic E-state index is 13.0. The van der Waals surface area contributed by atoms with E-state index in [2.05, 4.69) is 6.58 Å². The Labute approximate surface area is 165 Å². The zero-order valence-corrected chi connectivity index (χ0v) is 16.2. The number of carbonyl (C=O) groups excluding carboxylic acids is 1. The number of ether oxygens (including phenoxy) is 1. The number of aryl methyl sites for hydroxylation is 1. The molecule has 1 N–H and O–H groups in total. The summed E-state index contributed by atoms with van der Waals surface area (Å²) in [5.41, 5.74) is 1.55. The minimum Gasteiger partial charge on any atom is -0.489 e. The van der Waals surface area contributed by atoms with Gasteiger partial charge in [0.25, 0.3) is 5.91 Å². The summed E-state index contributed by atoms with van der Waals surface area (Å²) in [4.78, 5) is 14.8. The van der Waals surface area contributed by atoms with Crippen LogP contribution in [0.3, 0.4) is 0 Å². The molecule has 0 unspecified atom stereocenters. The highest BCUT2D eigenvalue weighted by atomic mass is 35.5. The number of amides is 1. The Balaban J connectivity index is 1.75. The first-order valence-corrected chi connectivity index (χ1v) is 9.43. The van der Waals surface area contributed by atoms with Crippen LogP contribution < -0.4 is 4.74 Å². The molecule has 1 amide bonds. The molecule has 27 heavy (non-hydrogen) atoms. The van der Waals surface area contributed by atoms with Crippen LogP contribution in [0.5, 0.6) is 5.75 Å². The third kappa shape index (κ3) is 4.34. The van der Waals surface area contributed by atoms with Crippen LogP contribution in [0, 0.1) is 6.92 Å². The number of nitrogens with zero attached hydrogens (tertiary/aromatic N) is 1. The van der Waals surface area contributed by atoms with Gasteiger partial charge in [-0.3, -0.25) is 4.79 Å². The van der Waals surface area contributed by atoms with Crippen LogP contribution in [0.15, 0.2) is 55.1 Å². The first-order chi connectivity index (χ1) is 12.9. The molecule has 2 aromatic carbocycles. The zero-order valence-electron chi connectivity index (χ0n) is 15.5. The van der Waals surface area contributed by atoms with Crippen LogP contribution in [0.1, 0.15) is 34.3 Å². The topological polar surface area (TPSA) is 49.8 Å². The fourth-order valence-corrected chi connectivity index (χ4v) is 3.59. The van der Waals surface area contributed by atoms with Crippen molar-refractivity contribution in [2.45, 2.75) is 25.4 Å². The van der Waals surface area contributed by atoms with Crippen molar-refractivity contribution in [3.63, 3.8) is 0 Å². The monoisotopic (exact) mass is 385 g/mol. The number of aliphatic hydroxyl groups is 1. The molecule has 5 heteroatoms. The Bertz CT molecular complexity index is 841. The number of hydrogen-bond acceptors (Lipinski definition) is 3. The number of hydrogen-bond donors (Lipinski definition) is 1. The van der Waals surface area contributed by atoms with E-state index in [1.54, 1.807) is 29.2 Å². The molecule has 1 saturated heterocycles. The molecule has 0 aliphatic carbocycles. The molecule has 1 heterocycles. The largest absolute Gasteiger partial charge is 0.489 e. The third-order valence-corrected chi connectivity index (χ3v) is 5.20. The van der Waals surface area contributed by atoms with E-state index >= 15 is 0 Å². The Morgan fingerprint density at radius 2 is 2.04 bits per heavy atom. The van der Waals surface area contributed by atoms with Crippen molar-refractivity contribution in [2.75, 3.05) is 19.7 Å². The van der Waals surface area contributed by atoms with Gasteiger partial charge in [0.05, 0.1) is 11.2 Å². The lowest BCUT2D eigenvalue weighted by Gasteiger charge is -2.38. The quantitative estimate of drug-likeness (QED) is 0.779. The van der Waals surface area contributed by atoms with E-state index in [0.29, 0.717) is 48.9 Å². The van der Waals surface area contributed by atoms with Crippen molar-refractivity contribution >= 4 is 17.5 Å². The first kappa shape index (κ1) is 19.5. The summed E-state index contributed by atoms with van der Waals surface area (Å²) >= 11 is 6.09. The van der Waals surface area contributed by atoms with Gasteiger partial charge in [0.1, 0.15) is 12.4 Å². The minimum absolute atomic E-state index is 0.136. The third-order valence-electron chi connectivity index (χ3n) is 4.96. The molecule has 4 nitrogen and oxygen atoms in total. The second-order valence-corrected chi connectivity index (χ2v) is 7.37. The highest BCUT2D eigenvalue weighted by Gasteiger charge is 2.36. The lowest BCUT2D eigenvalue weighted by Crippen LogP contribution is -2.45. The highest BCUT2D eigenvalue weighted by molar-refractivity contribution is 6.31. The number of halogens is 1. The summed E-state index contributed by atoms with van der Waals surface area (Å²) in [7, 11) is 0. The van der Waals surface area contributed by atoms with Crippen molar-refractivity contribution in [3.05, 3.63) is 76.8 Å². The maximum atomic E-state index is 13.0. The Morgan fingerprint density at radius 1 is 1.30 bits per heavy atom. The summed E-state index contributed by atoms with van der Waals surface area (Å²) in [5, 5.41) is 11.5. The van der Waals surface area contributed by atoms with Gasteiger partial charge in [-0.2, -0.15) is 0 Å². The van der Waals surface area contributed by atoms with Crippen molar-refractivity contribution < 1.29 is 14.6 Å². The molecule has 1 fully saturated rings. The second kappa shape index (κ2) is 8.15. The summed E-state index contributed by atoms with van der Waals surface area (Å²) in [6.07, 6.45) is 2.61. The van der Waals surface area contributed by atoms with Gasteiger partial charge in [-0.15, -0.1) is 0 Å². The van der Waals surface area contributed by atoms with Gasteiger partial charge in [0.2, 0.25) is 0 Å².